The summed E-state index contributed by atoms with van der Waals surface area (Å²) in [7, 11) is -3.48. The van der Waals surface area contributed by atoms with Gasteiger partial charge in [0.2, 0.25) is 10.0 Å². The Labute approximate surface area is 143 Å². The molecular formula is C17H24N4O2S. The summed E-state index contributed by atoms with van der Waals surface area (Å²) in [4.78, 5) is 2.57. The fourth-order valence-electron chi connectivity index (χ4n) is 3.07. The van der Waals surface area contributed by atoms with Crippen molar-refractivity contribution in [2.24, 2.45) is 0 Å². The van der Waals surface area contributed by atoms with Gasteiger partial charge in [-0.2, -0.15) is 5.10 Å². The van der Waals surface area contributed by atoms with E-state index in [1.807, 2.05) is 39.0 Å². The molecule has 2 aromatic rings. The van der Waals surface area contributed by atoms with Crippen molar-refractivity contribution in [3.05, 3.63) is 41.1 Å². The highest BCUT2D eigenvalue weighted by molar-refractivity contribution is 7.89. The third-order valence-electron chi connectivity index (χ3n) is 4.47. The van der Waals surface area contributed by atoms with Gasteiger partial charge in [0.1, 0.15) is 0 Å². The average Bonchev–Trinajstić information content (AvgIpc) is 2.96. The maximum Gasteiger partial charge on any atom is 0.241 e. The molecule has 2 N–H and O–H groups in total. The Morgan fingerprint density at radius 3 is 2.50 bits per heavy atom. The summed E-state index contributed by atoms with van der Waals surface area (Å²) >= 11 is 0. The van der Waals surface area contributed by atoms with Gasteiger partial charge in [-0.15, -0.1) is 0 Å². The molecule has 0 amide bonds. The Morgan fingerprint density at radius 1 is 1.17 bits per heavy atom. The van der Waals surface area contributed by atoms with Gasteiger partial charge in [0.05, 0.1) is 4.90 Å². The molecular weight excluding hydrogens is 324 g/mol. The van der Waals surface area contributed by atoms with Crippen LogP contribution in [-0.2, 0) is 10.0 Å². The van der Waals surface area contributed by atoms with Crippen molar-refractivity contribution < 1.29 is 8.42 Å². The molecule has 1 aromatic carbocycles. The van der Waals surface area contributed by atoms with Gasteiger partial charge in [-0.1, -0.05) is 12.1 Å². The minimum absolute atomic E-state index is 0.0359. The third-order valence-corrected chi connectivity index (χ3v) is 6.13. The average molecular weight is 348 g/mol. The monoisotopic (exact) mass is 348 g/mol. The van der Waals surface area contributed by atoms with Gasteiger partial charge < -0.3 is 4.90 Å². The van der Waals surface area contributed by atoms with Crippen molar-refractivity contribution in [2.75, 3.05) is 18.0 Å². The SMILES string of the molecule is Cc1ccc(C)c(S(=O)(=O)NC2CCN(c3cc(C)[nH]n3)CC2)c1. The Morgan fingerprint density at radius 2 is 1.88 bits per heavy atom. The van der Waals surface area contributed by atoms with Crippen LogP contribution in [0.4, 0.5) is 5.82 Å². The number of sulfonamides is 1. The van der Waals surface area contributed by atoms with Crippen LogP contribution in [0.1, 0.15) is 29.7 Å². The zero-order valence-corrected chi connectivity index (χ0v) is 15.2. The fourth-order valence-corrected chi connectivity index (χ4v) is 4.71. The zero-order chi connectivity index (χ0) is 17.3. The van der Waals surface area contributed by atoms with E-state index < -0.39 is 10.0 Å². The van der Waals surface area contributed by atoms with Crippen molar-refractivity contribution >= 4 is 15.8 Å². The van der Waals surface area contributed by atoms with Crippen molar-refractivity contribution in [3.63, 3.8) is 0 Å². The number of nitrogens with one attached hydrogen (secondary N) is 2. The largest absolute Gasteiger partial charge is 0.355 e. The van der Waals surface area contributed by atoms with E-state index >= 15 is 0 Å². The molecule has 0 bridgehead atoms. The number of aryl methyl sites for hydroxylation is 3. The second kappa shape index (κ2) is 6.57. The molecule has 0 saturated carbocycles. The van der Waals surface area contributed by atoms with Crippen molar-refractivity contribution in [1.82, 2.24) is 14.9 Å². The van der Waals surface area contributed by atoms with E-state index in [1.54, 1.807) is 6.07 Å². The number of aromatic amines is 1. The lowest BCUT2D eigenvalue weighted by Gasteiger charge is -2.32. The number of rotatable bonds is 4. The van der Waals surface area contributed by atoms with Crippen LogP contribution in [0.2, 0.25) is 0 Å². The molecule has 6 nitrogen and oxygen atoms in total. The number of hydrogen-bond donors (Lipinski definition) is 2. The van der Waals surface area contributed by atoms with E-state index in [0.717, 1.165) is 48.6 Å². The van der Waals surface area contributed by atoms with Crippen LogP contribution in [0.25, 0.3) is 0 Å². The highest BCUT2D eigenvalue weighted by Gasteiger charge is 2.26. The summed E-state index contributed by atoms with van der Waals surface area (Å²) in [6.07, 6.45) is 1.55. The molecule has 1 saturated heterocycles. The third kappa shape index (κ3) is 3.62. The molecule has 0 spiro atoms. The summed E-state index contributed by atoms with van der Waals surface area (Å²) in [5, 5.41) is 7.22. The van der Waals surface area contributed by atoms with Gasteiger partial charge in [0, 0.05) is 30.9 Å². The molecule has 1 aromatic heterocycles. The van der Waals surface area contributed by atoms with Crippen LogP contribution in [0.3, 0.4) is 0 Å². The lowest BCUT2D eigenvalue weighted by molar-refractivity contribution is 0.458. The minimum atomic E-state index is -3.48. The number of benzene rings is 1. The number of hydrogen-bond acceptors (Lipinski definition) is 4. The molecule has 2 heterocycles. The Kier molecular flexibility index (Phi) is 4.64. The first kappa shape index (κ1) is 17.0. The standard InChI is InChI=1S/C17H24N4O2S/c1-12-4-5-13(2)16(10-12)24(22,23)20-15-6-8-21(9-7-15)17-11-14(3)18-19-17/h4-5,10-11,15,20H,6-9H2,1-3H3,(H,18,19). The normalized spacial score (nSPS) is 16.5. The van der Waals surface area contributed by atoms with E-state index in [-0.39, 0.29) is 6.04 Å². The van der Waals surface area contributed by atoms with Crippen LogP contribution in [0.15, 0.2) is 29.2 Å². The van der Waals surface area contributed by atoms with E-state index in [4.69, 9.17) is 0 Å². The summed E-state index contributed by atoms with van der Waals surface area (Å²) in [5.41, 5.74) is 2.75. The van der Waals surface area contributed by atoms with Gasteiger partial charge in [0.25, 0.3) is 0 Å². The molecule has 0 unspecified atom stereocenters. The number of piperidine rings is 1. The predicted molar refractivity (Wildman–Crippen MR) is 94.8 cm³/mol. The van der Waals surface area contributed by atoms with Gasteiger partial charge in [-0.05, 0) is 50.8 Å². The highest BCUT2D eigenvalue weighted by Crippen LogP contribution is 2.21. The summed E-state index contributed by atoms with van der Waals surface area (Å²) in [6, 6.07) is 7.50. The van der Waals surface area contributed by atoms with Crippen molar-refractivity contribution in [2.45, 2.75) is 44.6 Å². The molecule has 7 heteroatoms. The highest BCUT2D eigenvalue weighted by atomic mass is 32.2. The van der Waals surface area contributed by atoms with E-state index in [1.165, 1.54) is 0 Å². The van der Waals surface area contributed by atoms with E-state index in [9.17, 15) is 8.42 Å². The summed E-state index contributed by atoms with van der Waals surface area (Å²) < 4.78 is 28.2. The van der Waals surface area contributed by atoms with Gasteiger partial charge >= 0.3 is 0 Å². The zero-order valence-electron chi connectivity index (χ0n) is 14.3. The van der Waals surface area contributed by atoms with Crippen LogP contribution < -0.4 is 9.62 Å². The quantitative estimate of drug-likeness (QED) is 0.888. The molecule has 1 fully saturated rings. The smallest absolute Gasteiger partial charge is 0.241 e. The Bertz CT molecular complexity index is 821. The van der Waals surface area contributed by atoms with Crippen LogP contribution in [-0.4, -0.2) is 37.7 Å². The lowest BCUT2D eigenvalue weighted by atomic mass is 10.1. The van der Waals surface area contributed by atoms with E-state index in [2.05, 4.69) is 19.8 Å². The maximum absolute atomic E-state index is 12.7. The van der Waals surface area contributed by atoms with Gasteiger partial charge in [0.15, 0.2) is 5.82 Å². The molecule has 1 aliphatic rings. The second-order valence-electron chi connectivity index (χ2n) is 6.56. The predicted octanol–water partition coefficient (Wildman–Crippen LogP) is 2.28. The van der Waals surface area contributed by atoms with E-state index in [0.29, 0.717) is 4.90 Å². The summed E-state index contributed by atoms with van der Waals surface area (Å²) in [6.45, 7) is 7.30. The molecule has 0 radical (unpaired) electrons. The number of aromatic nitrogens is 2. The number of nitrogens with zero attached hydrogens (tertiary/aromatic N) is 2. The molecule has 130 valence electrons. The molecule has 3 rings (SSSR count). The van der Waals surface area contributed by atoms with Crippen LogP contribution >= 0.6 is 0 Å². The fraction of sp³-hybridized carbons (Fsp3) is 0.471. The molecule has 24 heavy (non-hydrogen) atoms. The lowest BCUT2D eigenvalue weighted by Crippen LogP contribution is -2.44. The first-order valence-electron chi connectivity index (χ1n) is 8.22. The molecule has 0 atom stereocenters. The number of H-pyrrole nitrogens is 1. The first-order chi connectivity index (χ1) is 11.3. The Balaban J connectivity index is 1.66. The van der Waals surface area contributed by atoms with Gasteiger partial charge in [-0.25, -0.2) is 13.1 Å². The molecule has 0 aliphatic carbocycles. The summed E-state index contributed by atoms with van der Waals surface area (Å²) in [5.74, 6) is 0.934. The van der Waals surface area contributed by atoms with Crippen LogP contribution in [0.5, 0.6) is 0 Å². The topological polar surface area (TPSA) is 78.1 Å². The maximum atomic E-state index is 12.7. The van der Waals surface area contributed by atoms with Crippen molar-refractivity contribution in [1.29, 1.82) is 0 Å². The molecule has 1 aliphatic heterocycles. The first-order valence-corrected chi connectivity index (χ1v) is 9.70. The second-order valence-corrected chi connectivity index (χ2v) is 8.24. The van der Waals surface area contributed by atoms with Crippen molar-refractivity contribution in [3.8, 4) is 0 Å². The van der Waals surface area contributed by atoms with Gasteiger partial charge in [-0.3, -0.25) is 5.10 Å². The number of anilines is 1. The minimum Gasteiger partial charge on any atom is -0.355 e. The van der Waals surface area contributed by atoms with Crippen LogP contribution in [0, 0.1) is 20.8 Å². The Hall–Kier alpha value is -1.86.